The highest BCUT2D eigenvalue weighted by molar-refractivity contribution is 5.76. The lowest BCUT2D eigenvalue weighted by molar-refractivity contribution is -0.139. The number of carboxylic acids is 1. The molecule has 0 bridgehead atoms. The van der Waals surface area contributed by atoms with Crippen molar-refractivity contribution in [1.82, 2.24) is 0 Å². The Kier molecular flexibility index (Phi) is 5.82. The molecule has 3 aromatic rings. The molecular formula is C23H21F2NO3. The number of anilines is 2. The minimum absolute atomic E-state index is 0.242. The first-order valence-electron chi connectivity index (χ1n) is 9.01. The van der Waals surface area contributed by atoms with Gasteiger partial charge in [0.05, 0.1) is 5.69 Å². The first-order chi connectivity index (χ1) is 13.8. The Labute approximate surface area is 168 Å². The van der Waals surface area contributed by atoms with E-state index in [-0.39, 0.29) is 17.3 Å². The quantitative estimate of drug-likeness (QED) is 0.598. The molecule has 0 spiro atoms. The number of aliphatic carboxylic acids is 1. The average molecular weight is 397 g/mol. The van der Waals surface area contributed by atoms with Gasteiger partial charge in [0.15, 0.2) is 6.61 Å². The van der Waals surface area contributed by atoms with E-state index >= 15 is 0 Å². The summed E-state index contributed by atoms with van der Waals surface area (Å²) >= 11 is 0. The lowest BCUT2D eigenvalue weighted by atomic mass is 9.98. The molecule has 4 nitrogen and oxygen atoms in total. The van der Waals surface area contributed by atoms with Gasteiger partial charge in [0.2, 0.25) is 0 Å². The Balaban J connectivity index is 2.04. The van der Waals surface area contributed by atoms with E-state index in [1.165, 1.54) is 30.3 Å². The van der Waals surface area contributed by atoms with E-state index in [0.29, 0.717) is 0 Å². The number of rotatable bonds is 6. The molecule has 3 rings (SSSR count). The SMILES string of the molecule is Cc1cc(-c2cccc(F)c2)cc(N(C)c2cc(OCC(=O)O)ccc2F)c1C. The smallest absolute Gasteiger partial charge is 0.341 e. The highest BCUT2D eigenvalue weighted by atomic mass is 19.1. The Bertz CT molecular complexity index is 1070. The van der Waals surface area contributed by atoms with Crippen LogP contribution in [0.15, 0.2) is 54.6 Å². The molecule has 0 aliphatic heterocycles. The average Bonchev–Trinajstić information content (AvgIpc) is 2.68. The summed E-state index contributed by atoms with van der Waals surface area (Å²) in [5.41, 5.74) is 4.46. The number of hydrogen-bond donors (Lipinski definition) is 1. The highest BCUT2D eigenvalue weighted by Crippen LogP contribution is 2.36. The zero-order chi connectivity index (χ0) is 21.1. The summed E-state index contributed by atoms with van der Waals surface area (Å²) in [5.74, 6) is -1.65. The third-order valence-electron chi connectivity index (χ3n) is 4.80. The minimum Gasteiger partial charge on any atom is -0.482 e. The second-order valence-electron chi connectivity index (χ2n) is 6.80. The van der Waals surface area contributed by atoms with Gasteiger partial charge in [-0.15, -0.1) is 0 Å². The summed E-state index contributed by atoms with van der Waals surface area (Å²) < 4.78 is 33.4. The van der Waals surface area contributed by atoms with Crippen LogP contribution < -0.4 is 9.64 Å². The predicted octanol–water partition coefficient (Wildman–Crippen LogP) is 5.48. The molecule has 0 unspecified atom stereocenters. The van der Waals surface area contributed by atoms with Gasteiger partial charge in [0, 0.05) is 18.8 Å². The third-order valence-corrected chi connectivity index (χ3v) is 4.80. The number of benzene rings is 3. The van der Waals surface area contributed by atoms with Crippen molar-refractivity contribution in [2.24, 2.45) is 0 Å². The van der Waals surface area contributed by atoms with E-state index in [0.717, 1.165) is 27.9 Å². The Hall–Kier alpha value is -3.41. The third kappa shape index (κ3) is 4.54. The van der Waals surface area contributed by atoms with E-state index < -0.39 is 18.4 Å². The van der Waals surface area contributed by atoms with Crippen molar-refractivity contribution in [3.05, 3.63) is 77.4 Å². The van der Waals surface area contributed by atoms with Gasteiger partial charge in [0.25, 0.3) is 0 Å². The van der Waals surface area contributed by atoms with Crippen molar-refractivity contribution in [1.29, 1.82) is 0 Å². The molecular weight excluding hydrogens is 376 g/mol. The number of aryl methyl sites for hydroxylation is 1. The fourth-order valence-electron chi connectivity index (χ4n) is 3.14. The fourth-order valence-corrected chi connectivity index (χ4v) is 3.14. The van der Waals surface area contributed by atoms with Crippen LogP contribution in [0.1, 0.15) is 11.1 Å². The van der Waals surface area contributed by atoms with Crippen LogP contribution in [0.25, 0.3) is 11.1 Å². The maximum atomic E-state index is 14.6. The first kappa shape index (κ1) is 20.3. The largest absolute Gasteiger partial charge is 0.482 e. The van der Waals surface area contributed by atoms with E-state index in [1.54, 1.807) is 18.0 Å². The Morgan fingerprint density at radius 1 is 1.00 bits per heavy atom. The zero-order valence-electron chi connectivity index (χ0n) is 16.4. The molecule has 0 saturated heterocycles. The lowest BCUT2D eigenvalue weighted by Crippen LogP contribution is -2.14. The Morgan fingerprint density at radius 2 is 1.76 bits per heavy atom. The van der Waals surface area contributed by atoms with Crippen molar-refractivity contribution >= 4 is 17.3 Å². The summed E-state index contributed by atoms with van der Waals surface area (Å²) in [6, 6.07) is 14.2. The van der Waals surface area contributed by atoms with E-state index in [9.17, 15) is 13.6 Å². The van der Waals surface area contributed by atoms with Gasteiger partial charge in [-0.3, -0.25) is 0 Å². The monoisotopic (exact) mass is 397 g/mol. The normalized spacial score (nSPS) is 10.7. The molecule has 6 heteroatoms. The molecule has 0 fully saturated rings. The number of carbonyl (C=O) groups is 1. The Morgan fingerprint density at radius 3 is 2.45 bits per heavy atom. The number of hydrogen-bond acceptors (Lipinski definition) is 3. The second kappa shape index (κ2) is 8.31. The summed E-state index contributed by atoms with van der Waals surface area (Å²) in [4.78, 5) is 12.4. The molecule has 0 heterocycles. The van der Waals surface area contributed by atoms with E-state index in [1.807, 2.05) is 32.0 Å². The number of ether oxygens (including phenoxy) is 1. The molecule has 1 N–H and O–H groups in total. The summed E-state index contributed by atoms with van der Waals surface area (Å²) in [5, 5.41) is 8.77. The van der Waals surface area contributed by atoms with Crippen LogP contribution >= 0.6 is 0 Å². The van der Waals surface area contributed by atoms with Crippen LogP contribution in [0, 0.1) is 25.5 Å². The fraction of sp³-hybridized carbons (Fsp3) is 0.174. The van der Waals surface area contributed by atoms with Crippen molar-refractivity contribution in [2.45, 2.75) is 13.8 Å². The van der Waals surface area contributed by atoms with Crippen LogP contribution in [-0.2, 0) is 4.79 Å². The van der Waals surface area contributed by atoms with Gasteiger partial charge < -0.3 is 14.7 Å². The standard InChI is InChI=1S/C23H21F2NO3/c1-14-9-17(16-5-4-6-18(24)10-16)11-21(15(14)2)26(3)22-12-19(7-8-20(22)25)29-13-23(27)28/h4-12H,13H2,1-3H3,(H,27,28). The van der Waals surface area contributed by atoms with Crippen molar-refractivity contribution in [3.63, 3.8) is 0 Å². The molecule has 0 amide bonds. The maximum Gasteiger partial charge on any atom is 0.341 e. The van der Waals surface area contributed by atoms with Crippen molar-refractivity contribution in [2.75, 3.05) is 18.6 Å². The lowest BCUT2D eigenvalue weighted by Gasteiger charge is -2.25. The summed E-state index contributed by atoms with van der Waals surface area (Å²) in [6.45, 7) is 3.36. The molecule has 0 atom stereocenters. The van der Waals surface area contributed by atoms with Gasteiger partial charge in [0.1, 0.15) is 17.4 Å². The van der Waals surface area contributed by atoms with Crippen LogP contribution in [0.5, 0.6) is 5.75 Å². The maximum absolute atomic E-state index is 14.6. The van der Waals surface area contributed by atoms with E-state index in [2.05, 4.69) is 0 Å². The van der Waals surface area contributed by atoms with Crippen LogP contribution in [0.3, 0.4) is 0 Å². The minimum atomic E-state index is -1.11. The highest BCUT2D eigenvalue weighted by Gasteiger charge is 2.16. The predicted molar refractivity (Wildman–Crippen MR) is 109 cm³/mol. The molecule has 150 valence electrons. The van der Waals surface area contributed by atoms with Crippen LogP contribution in [0.4, 0.5) is 20.2 Å². The van der Waals surface area contributed by atoms with Gasteiger partial charge in [-0.2, -0.15) is 0 Å². The second-order valence-corrected chi connectivity index (χ2v) is 6.80. The van der Waals surface area contributed by atoms with Gasteiger partial charge >= 0.3 is 5.97 Å². The molecule has 3 aromatic carbocycles. The van der Waals surface area contributed by atoms with Gasteiger partial charge in [-0.25, -0.2) is 13.6 Å². The van der Waals surface area contributed by atoms with E-state index in [4.69, 9.17) is 9.84 Å². The molecule has 0 saturated carbocycles. The first-order valence-corrected chi connectivity index (χ1v) is 9.01. The van der Waals surface area contributed by atoms with Crippen LogP contribution in [-0.4, -0.2) is 24.7 Å². The number of carboxylic acid groups (broad SMARTS) is 1. The zero-order valence-corrected chi connectivity index (χ0v) is 16.4. The molecule has 0 radical (unpaired) electrons. The number of halogens is 2. The summed E-state index contributed by atoms with van der Waals surface area (Å²) in [7, 11) is 1.72. The molecule has 0 aromatic heterocycles. The summed E-state index contributed by atoms with van der Waals surface area (Å²) in [6.07, 6.45) is 0. The molecule has 0 aliphatic rings. The topological polar surface area (TPSA) is 49.8 Å². The number of nitrogens with zero attached hydrogens (tertiary/aromatic N) is 1. The van der Waals surface area contributed by atoms with Gasteiger partial charge in [-0.05, 0) is 66.4 Å². The van der Waals surface area contributed by atoms with Crippen molar-refractivity contribution in [3.8, 4) is 16.9 Å². The van der Waals surface area contributed by atoms with Crippen molar-refractivity contribution < 1.29 is 23.4 Å². The van der Waals surface area contributed by atoms with Crippen LogP contribution in [0.2, 0.25) is 0 Å². The molecule has 0 aliphatic carbocycles. The molecule has 29 heavy (non-hydrogen) atoms. The van der Waals surface area contributed by atoms with Gasteiger partial charge in [-0.1, -0.05) is 18.2 Å².